The van der Waals surface area contributed by atoms with Crippen molar-refractivity contribution in [3.05, 3.63) is 74.6 Å². The zero-order valence-corrected chi connectivity index (χ0v) is 16.1. The Labute approximate surface area is 170 Å². The maximum atomic E-state index is 10.7. The number of hydrogen-bond acceptors (Lipinski definition) is 5. The molecule has 0 aliphatic heterocycles. The molecule has 9 nitrogen and oxygen atoms in total. The lowest BCUT2D eigenvalue weighted by Gasteiger charge is -1.98. The Balaban J connectivity index is 0.000000424. The average molecular weight is 447 g/mol. The number of benzene rings is 2. The predicted octanol–water partition coefficient (Wildman–Crippen LogP) is 3.30. The van der Waals surface area contributed by atoms with E-state index in [4.69, 9.17) is 53.0 Å². The van der Waals surface area contributed by atoms with Crippen molar-refractivity contribution in [3.8, 4) is 0 Å². The summed E-state index contributed by atoms with van der Waals surface area (Å²) in [6.45, 7) is 6.68. The van der Waals surface area contributed by atoms with Gasteiger partial charge in [-0.25, -0.2) is 4.85 Å². The first-order valence-corrected chi connectivity index (χ1v) is 8.94. The second kappa shape index (κ2) is 11.8. The molecule has 0 bridgehead atoms. The molecule has 0 saturated carbocycles. The minimum atomic E-state index is -4.67. The lowest BCUT2D eigenvalue weighted by Crippen LogP contribution is -2.11. The standard InChI is InChI=1S/C8H6ClNO2.C8H4ClNO.H2O4S/c9-7-2-1-5(4-11)3-6(7)8(10)12;1-10-8-4-6(5-11)2-3-7(8)9;1-5(2,3)4/h1-4H,(H2,10,12);2-5H;(H2,1,2,3,4). The molecule has 1 amide bonds. The van der Waals surface area contributed by atoms with Crippen LogP contribution in [-0.4, -0.2) is 36.0 Å². The monoisotopic (exact) mass is 446 g/mol. The van der Waals surface area contributed by atoms with Gasteiger partial charge in [0.15, 0.2) is 0 Å². The highest BCUT2D eigenvalue weighted by Gasteiger charge is 2.06. The van der Waals surface area contributed by atoms with Gasteiger partial charge >= 0.3 is 10.4 Å². The SMILES string of the molecule is NC(=O)c1cc(C=O)ccc1Cl.O=S(=O)(O)O.[C-]#[N+]c1cc(C=O)ccc1Cl. The molecule has 2 aromatic carbocycles. The summed E-state index contributed by atoms with van der Waals surface area (Å²) in [5.41, 5.74) is 6.34. The number of carbonyl (C=O) groups is 3. The van der Waals surface area contributed by atoms with E-state index in [1.165, 1.54) is 24.3 Å². The molecule has 0 spiro atoms. The third kappa shape index (κ3) is 10.4. The molecular weight excluding hydrogens is 435 g/mol. The lowest BCUT2D eigenvalue weighted by atomic mass is 10.1. The smallest absolute Gasteiger partial charge is 0.366 e. The molecule has 12 heteroatoms. The van der Waals surface area contributed by atoms with Crippen molar-refractivity contribution in [2.75, 3.05) is 0 Å². The summed E-state index contributed by atoms with van der Waals surface area (Å²) in [6, 6.07) is 8.91. The highest BCUT2D eigenvalue weighted by Crippen LogP contribution is 2.24. The van der Waals surface area contributed by atoms with Gasteiger partial charge in [-0.15, -0.1) is 0 Å². The van der Waals surface area contributed by atoms with E-state index in [9.17, 15) is 14.4 Å². The van der Waals surface area contributed by atoms with E-state index in [1.807, 2.05) is 0 Å². The van der Waals surface area contributed by atoms with Crippen LogP contribution in [0.25, 0.3) is 4.85 Å². The van der Waals surface area contributed by atoms with E-state index >= 15 is 0 Å². The molecule has 0 atom stereocenters. The number of hydrogen-bond donors (Lipinski definition) is 3. The quantitative estimate of drug-likeness (QED) is 0.370. The number of nitrogens with two attached hydrogens (primary N) is 1. The van der Waals surface area contributed by atoms with Crippen LogP contribution in [0.15, 0.2) is 36.4 Å². The first-order valence-electron chi connectivity index (χ1n) is 6.79. The van der Waals surface area contributed by atoms with Crippen LogP contribution in [0.2, 0.25) is 10.0 Å². The molecule has 0 fully saturated rings. The first kappa shape index (κ1) is 25.2. The summed E-state index contributed by atoms with van der Waals surface area (Å²) < 4.78 is 31.6. The van der Waals surface area contributed by atoms with Crippen molar-refractivity contribution in [3.63, 3.8) is 0 Å². The summed E-state index contributed by atoms with van der Waals surface area (Å²) >= 11 is 11.3. The van der Waals surface area contributed by atoms with Crippen LogP contribution in [0.1, 0.15) is 31.1 Å². The van der Waals surface area contributed by atoms with Crippen molar-refractivity contribution < 1.29 is 31.9 Å². The molecule has 0 aromatic heterocycles. The van der Waals surface area contributed by atoms with Crippen molar-refractivity contribution in [2.24, 2.45) is 5.73 Å². The second-order valence-corrected chi connectivity index (χ2v) is 6.32. The fourth-order valence-electron chi connectivity index (χ4n) is 1.49. The fourth-order valence-corrected chi connectivity index (χ4v) is 1.86. The lowest BCUT2D eigenvalue weighted by molar-refractivity contribution is 0.1000. The maximum Gasteiger partial charge on any atom is 0.394 e. The molecule has 0 saturated heterocycles. The fraction of sp³-hybridized carbons (Fsp3) is 0. The molecular formula is C16H12Cl2N2O7S. The largest absolute Gasteiger partial charge is 0.394 e. The summed E-state index contributed by atoms with van der Waals surface area (Å²) in [5, 5.41) is 0.638. The van der Waals surface area contributed by atoms with Gasteiger partial charge in [-0.1, -0.05) is 41.4 Å². The zero-order valence-electron chi connectivity index (χ0n) is 13.7. The van der Waals surface area contributed by atoms with Gasteiger partial charge in [-0.05, 0) is 18.2 Å². The van der Waals surface area contributed by atoms with E-state index < -0.39 is 16.3 Å². The van der Waals surface area contributed by atoms with E-state index in [2.05, 4.69) is 4.85 Å². The normalized spacial score (nSPS) is 9.54. The molecule has 4 N–H and O–H groups in total. The van der Waals surface area contributed by atoms with Gasteiger partial charge in [-0.2, -0.15) is 8.42 Å². The van der Waals surface area contributed by atoms with Gasteiger partial charge in [0.05, 0.1) is 17.2 Å². The molecule has 148 valence electrons. The minimum absolute atomic E-state index is 0.168. The number of halogens is 2. The number of nitrogens with zero attached hydrogens (tertiary/aromatic N) is 1. The highest BCUT2D eigenvalue weighted by molar-refractivity contribution is 7.79. The van der Waals surface area contributed by atoms with Gasteiger partial charge in [-0.3, -0.25) is 23.5 Å². The summed E-state index contributed by atoms with van der Waals surface area (Å²) in [7, 11) is -4.67. The molecule has 0 heterocycles. The third-order valence-electron chi connectivity index (χ3n) is 2.62. The van der Waals surface area contributed by atoms with Crippen LogP contribution < -0.4 is 5.73 Å². The number of aldehydes is 2. The predicted molar refractivity (Wildman–Crippen MR) is 103 cm³/mol. The van der Waals surface area contributed by atoms with Crippen LogP contribution in [0.5, 0.6) is 0 Å². The van der Waals surface area contributed by atoms with Gasteiger partial charge in [0.25, 0.3) is 0 Å². The Morgan fingerprint density at radius 1 is 1.00 bits per heavy atom. The van der Waals surface area contributed by atoms with Crippen LogP contribution in [-0.2, 0) is 10.4 Å². The molecule has 0 aliphatic rings. The zero-order chi connectivity index (χ0) is 21.9. The average Bonchev–Trinajstić information content (AvgIpc) is 2.61. The van der Waals surface area contributed by atoms with Crippen LogP contribution in [0.3, 0.4) is 0 Å². The summed E-state index contributed by atoms with van der Waals surface area (Å²) in [5.74, 6) is -0.635. The van der Waals surface area contributed by atoms with Gasteiger partial charge in [0, 0.05) is 16.1 Å². The molecule has 0 radical (unpaired) electrons. The molecule has 0 unspecified atom stereocenters. The van der Waals surface area contributed by atoms with E-state index in [-0.39, 0.29) is 10.6 Å². The maximum absolute atomic E-state index is 10.7. The van der Waals surface area contributed by atoms with Gasteiger partial charge < -0.3 is 5.73 Å². The number of carbonyl (C=O) groups excluding carboxylic acids is 3. The third-order valence-corrected chi connectivity index (χ3v) is 3.27. The van der Waals surface area contributed by atoms with Gasteiger partial charge in [0.1, 0.15) is 12.6 Å². The Hall–Kier alpha value is -2.81. The molecule has 28 heavy (non-hydrogen) atoms. The summed E-state index contributed by atoms with van der Waals surface area (Å²) in [6.07, 6.45) is 1.31. The molecule has 0 aliphatic carbocycles. The van der Waals surface area contributed by atoms with E-state index in [0.29, 0.717) is 34.4 Å². The van der Waals surface area contributed by atoms with E-state index in [1.54, 1.807) is 12.1 Å². The minimum Gasteiger partial charge on any atom is -0.366 e. The van der Waals surface area contributed by atoms with Crippen LogP contribution >= 0.6 is 23.2 Å². The van der Waals surface area contributed by atoms with Crippen LogP contribution in [0.4, 0.5) is 5.69 Å². The Morgan fingerprint density at radius 3 is 1.82 bits per heavy atom. The number of rotatable bonds is 3. The van der Waals surface area contributed by atoms with Crippen molar-refractivity contribution in [1.29, 1.82) is 0 Å². The highest BCUT2D eigenvalue weighted by atomic mass is 35.5. The summed E-state index contributed by atoms with van der Waals surface area (Å²) in [4.78, 5) is 34.4. The van der Waals surface area contributed by atoms with Crippen molar-refractivity contribution in [1.82, 2.24) is 0 Å². The molecule has 2 rings (SSSR count). The topological polar surface area (TPSA) is 156 Å². The number of primary amides is 1. The molecule has 2 aromatic rings. The Bertz CT molecular complexity index is 1010. The van der Waals surface area contributed by atoms with Crippen molar-refractivity contribution in [2.45, 2.75) is 0 Å². The number of amides is 1. The Morgan fingerprint density at radius 2 is 1.43 bits per heavy atom. The second-order valence-electron chi connectivity index (χ2n) is 4.61. The first-order chi connectivity index (χ1) is 12.9. The van der Waals surface area contributed by atoms with Gasteiger partial charge in [0.2, 0.25) is 11.6 Å². The van der Waals surface area contributed by atoms with E-state index in [0.717, 1.165) is 0 Å². The van der Waals surface area contributed by atoms with Crippen LogP contribution in [0, 0.1) is 6.57 Å². The Kier molecular flexibility index (Phi) is 10.6. The van der Waals surface area contributed by atoms with Crippen molar-refractivity contribution >= 4 is 57.8 Å².